The van der Waals surface area contributed by atoms with Gasteiger partial charge in [0.1, 0.15) is 0 Å². The Kier molecular flexibility index (Phi) is 2.64. The van der Waals surface area contributed by atoms with Gasteiger partial charge >= 0.3 is 0 Å². The molecule has 0 aromatic carbocycles. The second kappa shape index (κ2) is 3.48. The van der Waals surface area contributed by atoms with Gasteiger partial charge < -0.3 is 0 Å². The van der Waals surface area contributed by atoms with Gasteiger partial charge in [-0.05, 0) is 50.3 Å². The summed E-state index contributed by atoms with van der Waals surface area (Å²) >= 11 is 8.33. The number of rotatable bonds is 2. The van der Waals surface area contributed by atoms with Gasteiger partial charge in [0, 0.05) is 11.5 Å². The van der Waals surface area contributed by atoms with Crippen LogP contribution in [-0.4, -0.2) is 5.78 Å². The quantitative estimate of drug-likeness (QED) is 0.748. The summed E-state index contributed by atoms with van der Waals surface area (Å²) in [4.78, 5) is 11.8. The van der Waals surface area contributed by atoms with Crippen molar-refractivity contribution >= 4 is 49.0 Å². The van der Waals surface area contributed by atoms with Crippen LogP contribution in [-0.2, 0) is 0 Å². The summed E-state index contributed by atoms with van der Waals surface area (Å²) < 4.78 is 1.96. The molecule has 1 nitrogen and oxygen atoms in total. The van der Waals surface area contributed by atoms with E-state index in [1.165, 1.54) is 0 Å². The highest BCUT2D eigenvalue weighted by atomic mass is 79.9. The monoisotopic (exact) mass is 322 g/mol. The maximum absolute atomic E-state index is 11.8. The Bertz CT molecular complexity index is 358. The summed E-state index contributed by atoms with van der Waals surface area (Å²) in [5, 5.41) is 0. The second-order valence-corrected chi connectivity index (χ2v) is 7.17. The first-order valence-electron chi connectivity index (χ1n) is 4.08. The summed E-state index contributed by atoms with van der Waals surface area (Å²) in [6.45, 7) is 2.12. The molecule has 0 saturated heterocycles. The average molecular weight is 324 g/mol. The van der Waals surface area contributed by atoms with Crippen LogP contribution in [0.2, 0.25) is 0 Å². The number of ketones is 1. The fraction of sp³-hybridized carbons (Fsp3) is 0.444. The van der Waals surface area contributed by atoms with Crippen LogP contribution in [0.3, 0.4) is 0 Å². The van der Waals surface area contributed by atoms with Crippen LogP contribution < -0.4 is 0 Å². The van der Waals surface area contributed by atoms with E-state index in [1.807, 2.05) is 6.07 Å². The first-order chi connectivity index (χ1) is 6.09. The third kappa shape index (κ3) is 1.90. The molecule has 1 aromatic rings. The van der Waals surface area contributed by atoms with Gasteiger partial charge in [-0.15, -0.1) is 11.3 Å². The van der Waals surface area contributed by atoms with Gasteiger partial charge in [-0.2, -0.15) is 0 Å². The molecule has 0 amide bonds. The molecule has 1 aliphatic carbocycles. The molecule has 1 heterocycles. The molecule has 1 saturated carbocycles. The number of halogens is 2. The van der Waals surface area contributed by atoms with Gasteiger partial charge in [0.05, 0.1) is 7.57 Å². The number of carbonyl (C=O) groups is 1. The molecule has 0 radical (unpaired) electrons. The van der Waals surface area contributed by atoms with Crippen molar-refractivity contribution in [3.05, 3.63) is 19.2 Å². The normalized spacial score (nSPS) is 26.1. The minimum Gasteiger partial charge on any atom is -0.294 e. The second-order valence-electron chi connectivity index (χ2n) is 3.42. The van der Waals surface area contributed by atoms with Crippen LogP contribution in [0.4, 0.5) is 0 Å². The minimum absolute atomic E-state index is 0.276. The third-order valence-electron chi connectivity index (χ3n) is 2.37. The SMILES string of the molecule is CC1CC1C(=O)c1cc(Br)sc1Br. The van der Waals surface area contributed by atoms with Crippen molar-refractivity contribution in [1.29, 1.82) is 0 Å². The van der Waals surface area contributed by atoms with Crippen molar-refractivity contribution in [1.82, 2.24) is 0 Å². The van der Waals surface area contributed by atoms with Crippen LogP contribution in [0.15, 0.2) is 13.6 Å². The number of hydrogen-bond donors (Lipinski definition) is 0. The molecule has 2 rings (SSSR count). The Hall–Kier alpha value is 0.330. The lowest BCUT2D eigenvalue weighted by molar-refractivity contribution is 0.0962. The van der Waals surface area contributed by atoms with E-state index >= 15 is 0 Å². The van der Waals surface area contributed by atoms with Crippen LogP contribution in [0.5, 0.6) is 0 Å². The molecular weight excluding hydrogens is 316 g/mol. The molecule has 1 fully saturated rings. The molecule has 0 aliphatic heterocycles. The van der Waals surface area contributed by atoms with Gasteiger partial charge in [0.15, 0.2) is 5.78 Å². The zero-order valence-electron chi connectivity index (χ0n) is 7.01. The third-order valence-corrected chi connectivity index (χ3v) is 4.71. The number of thiophene rings is 1. The van der Waals surface area contributed by atoms with Crippen molar-refractivity contribution < 1.29 is 4.79 Å². The summed E-state index contributed by atoms with van der Waals surface area (Å²) in [7, 11) is 0. The first kappa shape index (κ1) is 9.87. The Morgan fingerprint density at radius 3 is 2.62 bits per heavy atom. The van der Waals surface area contributed by atoms with Gasteiger partial charge in [0.25, 0.3) is 0 Å². The molecule has 1 aliphatic rings. The van der Waals surface area contributed by atoms with E-state index in [1.54, 1.807) is 11.3 Å². The Morgan fingerprint density at radius 1 is 1.62 bits per heavy atom. The first-order valence-corrected chi connectivity index (χ1v) is 6.49. The Labute approximate surface area is 97.8 Å². The summed E-state index contributed by atoms with van der Waals surface area (Å²) in [5.41, 5.74) is 0.839. The smallest absolute Gasteiger partial charge is 0.168 e. The molecule has 0 bridgehead atoms. The van der Waals surface area contributed by atoms with Crippen molar-refractivity contribution in [2.45, 2.75) is 13.3 Å². The standard InChI is InChI=1S/C9H8Br2OS/c1-4-2-5(4)8(12)6-3-7(10)13-9(6)11/h3-5H,2H2,1H3. The van der Waals surface area contributed by atoms with Gasteiger partial charge in [0.2, 0.25) is 0 Å². The Balaban J connectivity index is 2.25. The highest BCUT2D eigenvalue weighted by molar-refractivity contribution is 9.12. The van der Waals surface area contributed by atoms with Crippen molar-refractivity contribution in [3.8, 4) is 0 Å². The lowest BCUT2D eigenvalue weighted by Gasteiger charge is -1.94. The van der Waals surface area contributed by atoms with Crippen LogP contribution >= 0.6 is 43.2 Å². The molecule has 1 aromatic heterocycles. The lowest BCUT2D eigenvalue weighted by atomic mass is 10.1. The minimum atomic E-state index is 0.276. The van der Waals surface area contributed by atoms with E-state index in [-0.39, 0.29) is 5.92 Å². The average Bonchev–Trinajstić information content (AvgIpc) is 2.67. The van der Waals surface area contributed by atoms with E-state index < -0.39 is 0 Å². The molecule has 0 N–H and O–H groups in total. The maximum atomic E-state index is 11.8. The van der Waals surface area contributed by atoms with Crippen molar-refractivity contribution in [3.63, 3.8) is 0 Å². The molecule has 2 unspecified atom stereocenters. The van der Waals surface area contributed by atoms with Gasteiger partial charge in [-0.1, -0.05) is 6.92 Å². The molecule has 13 heavy (non-hydrogen) atoms. The number of Topliss-reactive ketones (excluding diaryl/α,β-unsaturated/α-hetero) is 1. The van der Waals surface area contributed by atoms with Gasteiger partial charge in [-0.25, -0.2) is 0 Å². The molecular formula is C9H8Br2OS. The highest BCUT2D eigenvalue weighted by Crippen LogP contribution is 2.43. The topological polar surface area (TPSA) is 17.1 Å². The van der Waals surface area contributed by atoms with Crippen LogP contribution in [0.1, 0.15) is 23.7 Å². The van der Waals surface area contributed by atoms with E-state index in [2.05, 4.69) is 38.8 Å². The van der Waals surface area contributed by atoms with E-state index in [4.69, 9.17) is 0 Å². The fourth-order valence-electron chi connectivity index (χ4n) is 1.40. The summed E-state index contributed by atoms with van der Waals surface area (Å²) in [6.07, 6.45) is 1.05. The number of hydrogen-bond acceptors (Lipinski definition) is 2. The molecule has 70 valence electrons. The highest BCUT2D eigenvalue weighted by Gasteiger charge is 2.40. The zero-order chi connectivity index (χ0) is 9.59. The zero-order valence-corrected chi connectivity index (χ0v) is 11.0. The van der Waals surface area contributed by atoms with Crippen LogP contribution in [0.25, 0.3) is 0 Å². The fourth-order valence-corrected chi connectivity index (χ4v) is 4.21. The summed E-state index contributed by atoms with van der Waals surface area (Å²) in [6, 6.07) is 1.90. The van der Waals surface area contributed by atoms with Gasteiger partial charge in [-0.3, -0.25) is 4.79 Å². The lowest BCUT2D eigenvalue weighted by Crippen LogP contribution is -2.01. The number of carbonyl (C=O) groups excluding carboxylic acids is 1. The molecule has 0 spiro atoms. The van der Waals surface area contributed by atoms with E-state index in [0.717, 1.165) is 19.6 Å². The summed E-state index contributed by atoms with van der Waals surface area (Å²) in [5.74, 6) is 1.15. The Morgan fingerprint density at radius 2 is 2.23 bits per heavy atom. The maximum Gasteiger partial charge on any atom is 0.168 e. The predicted octanol–water partition coefficient (Wildman–Crippen LogP) is 4.11. The van der Waals surface area contributed by atoms with E-state index in [0.29, 0.717) is 11.7 Å². The van der Waals surface area contributed by atoms with Crippen LogP contribution in [0, 0.1) is 11.8 Å². The van der Waals surface area contributed by atoms with Crippen molar-refractivity contribution in [2.24, 2.45) is 11.8 Å². The van der Waals surface area contributed by atoms with E-state index in [9.17, 15) is 4.79 Å². The largest absolute Gasteiger partial charge is 0.294 e. The molecule has 2 atom stereocenters. The molecule has 4 heteroatoms. The predicted molar refractivity (Wildman–Crippen MR) is 61.3 cm³/mol. The van der Waals surface area contributed by atoms with Crippen molar-refractivity contribution in [2.75, 3.05) is 0 Å².